The molecule has 2 amide bonds. The summed E-state index contributed by atoms with van der Waals surface area (Å²) in [7, 11) is 3.95. The lowest BCUT2D eigenvalue weighted by molar-refractivity contribution is -0.116. The van der Waals surface area contributed by atoms with Crippen molar-refractivity contribution in [3.05, 3.63) is 47.9 Å². The van der Waals surface area contributed by atoms with Crippen molar-refractivity contribution in [3.8, 4) is 0 Å². The predicted octanol–water partition coefficient (Wildman–Crippen LogP) is 5.16. The Bertz CT molecular complexity index is 813. The van der Waals surface area contributed by atoms with E-state index in [0.29, 0.717) is 31.2 Å². The van der Waals surface area contributed by atoms with Crippen LogP contribution in [0.15, 0.2) is 41.0 Å². The number of carbonyl (C=O) groups is 2. The molecule has 1 aromatic carbocycles. The van der Waals surface area contributed by atoms with E-state index < -0.39 is 0 Å². The molecule has 0 saturated carbocycles. The summed E-state index contributed by atoms with van der Waals surface area (Å²) in [5, 5.41) is 3.00. The van der Waals surface area contributed by atoms with Gasteiger partial charge in [0, 0.05) is 45.0 Å². The van der Waals surface area contributed by atoms with Crippen molar-refractivity contribution in [1.82, 2.24) is 4.90 Å². The van der Waals surface area contributed by atoms with E-state index in [2.05, 4.69) is 26.1 Å². The Hall–Kier alpha value is -2.76. The Balaban J connectivity index is 2.24. The summed E-state index contributed by atoms with van der Waals surface area (Å²) in [5.74, 6) is 0.542. The highest BCUT2D eigenvalue weighted by molar-refractivity contribution is 5.92. The molecule has 1 aromatic heterocycles. The summed E-state index contributed by atoms with van der Waals surface area (Å²) in [5.41, 5.74) is 2.75. The van der Waals surface area contributed by atoms with Crippen molar-refractivity contribution >= 4 is 23.2 Å². The number of carbonyl (C=O) groups excluding carboxylic acids is 2. The average molecular weight is 414 g/mol. The van der Waals surface area contributed by atoms with Gasteiger partial charge in [0.2, 0.25) is 5.91 Å². The summed E-state index contributed by atoms with van der Waals surface area (Å²) in [6.45, 7) is 7.34. The second kappa shape index (κ2) is 11.4. The van der Waals surface area contributed by atoms with E-state index in [1.165, 1.54) is 6.26 Å². The fourth-order valence-electron chi connectivity index (χ4n) is 3.41. The monoisotopic (exact) mass is 413 g/mol. The Kier molecular flexibility index (Phi) is 8.96. The molecule has 30 heavy (non-hydrogen) atoms. The van der Waals surface area contributed by atoms with Gasteiger partial charge >= 0.3 is 0 Å². The van der Waals surface area contributed by atoms with E-state index in [-0.39, 0.29) is 11.8 Å². The highest BCUT2D eigenvalue weighted by Crippen LogP contribution is 2.26. The van der Waals surface area contributed by atoms with E-state index in [1.807, 2.05) is 37.2 Å². The standard InChI is InChI=1S/C24H35N3O3/c1-6-7-8-11-23(28)25-20-12-13-21(26(4)5)19(15-20)17-27(16-18(2)3)24(29)22-10-9-14-30-22/h9-10,12-15,18H,6-8,11,16-17H2,1-5H3,(H,25,28). The number of amides is 2. The van der Waals surface area contributed by atoms with Crippen LogP contribution >= 0.6 is 0 Å². The van der Waals surface area contributed by atoms with Gasteiger partial charge in [0.1, 0.15) is 0 Å². The van der Waals surface area contributed by atoms with Crippen molar-refractivity contribution < 1.29 is 14.0 Å². The summed E-state index contributed by atoms with van der Waals surface area (Å²) < 4.78 is 5.34. The van der Waals surface area contributed by atoms with Crippen LogP contribution in [0.25, 0.3) is 0 Å². The Labute approximate surface area is 180 Å². The second-order valence-corrected chi connectivity index (χ2v) is 8.30. The molecule has 0 aliphatic heterocycles. The third-order valence-electron chi connectivity index (χ3n) is 4.82. The number of hydrogen-bond donors (Lipinski definition) is 1. The van der Waals surface area contributed by atoms with Gasteiger partial charge in [0.25, 0.3) is 5.91 Å². The van der Waals surface area contributed by atoms with E-state index >= 15 is 0 Å². The minimum absolute atomic E-state index is 0.0256. The minimum Gasteiger partial charge on any atom is -0.459 e. The molecule has 1 heterocycles. The van der Waals surface area contributed by atoms with Gasteiger partial charge in [-0.15, -0.1) is 0 Å². The molecule has 0 radical (unpaired) electrons. The zero-order chi connectivity index (χ0) is 22.1. The summed E-state index contributed by atoms with van der Waals surface area (Å²) in [6.07, 6.45) is 5.07. The number of anilines is 2. The fourth-order valence-corrected chi connectivity index (χ4v) is 3.41. The van der Waals surface area contributed by atoms with E-state index in [1.54, 1.807) is 17.0 Å². The lowest BCUT2D eigenvalue weighted by Crippen LogP contribution is -2.34. The lowest BCUT2D eigenvalue weighted by atomic mass is 10.1. The van der Waals surface area contributed by atoms with Gasteiger partial charge in [-0.05, 0) is 48.2 Å². The first kappa shape index (κ1) is 23.5. The van der Waals surface area contributed by atoms with E-state index in [0.717, 1.165) is 36.2 Å². The van der Waals surface area contributed by atoms with Crippen LogP contribution in [0.4, 0.5) is 11.4 Å². The molecule has 0 fully saturated rings. The van der Waals surface area contributed by atoms with Gasteiger partial charge in [-0.2, -0.15) is 0 Å². The smallest absolute Gasteiger partial charge is 0.289 e. The maximum Gasteiger partial charge on any atom is 0.289 e. The lowest BCUT2D eigenvalue weighted by Gasteiger charge is -2.27. The molecule has 0 aliphatic carbocycles. The van der Waals surface area contributed by atoms with Crippen molar-refractivity contribution in [2.24, 2.45) is 5.92 Å². The van der Waals surface area contributed by atoms with Crippen LogP contribution in [-0.4, -0.2) is 37.4 Å². The normalized spacial score (nSPS) is 10.9. The molecule has 2 aromatic rings. The van der Waals surface area contributed by atoms with E-state index in [9.17, 15) is 9.59 Å². The number of rotatable bonds is 11. The highest BCUT2D eigenvalue weighted by Gasteiger charge is 2.21. The number of nitrogens with one attached hydrogen (secondary N) is 1. The predicted molar refractivity (Wildman–Crippen MR) is 122 cm³/mol. The molecule has 6 nitrogen and oxygen atoms in total. The molecule has 0 saturated heterocycles. The number of benzene rings is 1. The SMILES string of the molecule is CCCCCC(=O)Nc1ccc(N(C)C)c(CN(CC(C)C)C(=O)c2ccco2)c1. The molecule has 0 unspecified atom stereocenters. The van der Waals surface area contributed by atoms with Gasteiger partial charge in [0.15, 0.2) is 5.76 Å². The number of nitrogens with zero attached hydrogens (tertiary/aromatic N) is 2. The third-order valence-corrected chi connectivity index (χ3v) is 4.82. The molecule has 0 spiro atoms. The molecular weight excluding hydrogens is 378 g/mol. The summed E-state index contributed by atoms with van der Waals surface area (Å²) in [4.78, 5) is 29.1. The average Bonchev–Trinajstić information content (AvgIpc) is 3.21. The van der Waals surface area contributed by atoms with Crippen LogP contribution in [0.5, 0.6) is 0 Å². The topological polar surface area (TPSA) is 65.8 Å². The highest BCUT2D eigenvalue weighted by atomic mass is 16.3. The zero-order valence-corrected chi connectivity index (χ0v) is 18.9. The first-order chi connectivity index (χ1) is 14.3. The summed E-state index contributed by atoms with van der Waals surface area (Å²) >= 11 is 0. The summed E-state index contributed by atoms with van der Waals surface area (Å²) in [6, 6.07) is 9.28. The minimum atomic E-state index is -0.132. The van der Waals surface area contributed by atoms with E-state index in [4.69, 9.17) is 4.42 Å². The molecular formula is C24H35N3O3. The van der Waals surface area contributed by atoms with Crippen LogP contribution in [-0.2, 0) is 11.3 Å². The van der Waals surface area contributed by atoms with Crippen molar-refractivity contribution in [3.63, 3.8) is 0 Å². The van der Waals surface area contributed by atoms with Crippen LogP contribution in [0.1, 0.15) is 62.6 Å². The molecule has 0 aliphatic rings. The maximum absolute atomic E-state index is 13.0. The quantitative estimate of drug-likeness (QED) is 0.517. The van der Waals surface area contributed by atoms with Crippen molar-refractivity contribution in [1.29, 1.82) is 0 Å². The largest absolute Gasteiger partial charge is 0.459 e. The molecule has 0 bridgehead atoms. The Morgan fingerprint density at radius 1 is 1.13 bits per heavy atom. The maximum atomic E-state index is 13.0. The van der Waals surface area contributed by atoms with Gasteiger partial charge in [-0.3, -0.25) is 9.59 Å². The fraction of sp³-hybridized carbons (Fsp3) is 0.500. The third kappa shape index (κ3) is 6.94. The Morgan fingerprint density at radius 3 is 2.50 bits per heavy atom. The van der Waals surface area contributed by atoms with Crippen LogP contribution in [0.3, 0.4) is 0 Å². The molecule has 1 N–H and O–H groups in total. The molecule has 2 rings (SSSR count). The number of furan rings is 1. The Morgan fingerprint density at radius 2 is 1.90 bits per heavy atom. The van der Waals surface area contributed by atoms with Crippen molar-refractivity contribution in [2.75, 3.05) is 30.9 Å². The van der Waals surface area contributed by atoms with Crippen molar-refractivity contribution in [2.45, 2.75) is 53.0 Å². The number of unbranched alkanes of at least 4 members (excludes halogenated alkanes) is 2. The van der Waals surface area contributed by atoms with Gasteiger partial charge in [-0.25, -0.2) is 0 Å². The van der Waals surface area contributed by atoms with Crippen LogP contribution in [0.2, 0.25) is 0 Å². The first-order valence-electron chi connectivity index (χ1n) is 10.7. The van der Waals surface area contributed by atoms with Gasteiger partial charge < -0.3 is 19.5 Å². The molecule has 164 valence electrons. The van der Waals surface area contributed by atoms with Crippen LogP contribution in [0, 0.1) is 5.92 Å². The number of hydrogen-bond acceptors (Lipinski definition) is 4. The zero-order valence-electron chi connectivity index (χ0n) is 18.9. The first-order valence-corrected chi connectivity index (χ1v) is 10.7. The second-order valence-electron chi connectivity index (χ2n) is 8.30. The van der Waals surface area contributed by atoms with Gasteiger partial charge in [0.05, 0.1) is 6.26 Å². The van der Waals surface area contributed by atoms with Crippen LogP contribution < -0.4 is 10.2 Å². The molecule has 6 heteroatoms. The molecule has 0 atom stereocenters. The van der Waals surface area contributed by atoms with Gasteiger partial charge in [-0.1, -0.05) is 33.6 Å².